The molecule has 1 aromatic carbocycles. The number of hydrogen-bond acceptors (Lipinski definition) is 3. The van der Waals surface area contributed by atoms with Crippen LogP contribution in [0.3, 0.4) is 0 Å². The lowest BCUT2D eigenvalue weighted by Gasteiger charge is -2.41. The molecule has 3 unspecified atom stereocenters. The highest BCUT2D eigenvalue weighted by Gasteiger charge is 2.38. The lowest BCUT2D eigenvalue weighted by molar-refractivity contribution is -0.150. The Kier molecular flexibility index (Phi) is 5.42. The predicted octanol–water partition coefficient (Wildman–Crippen LogP) is 1.94. The van der Waals surface area contributed by atoms with Gasteiger partial charge >= 0.3 is 0 Å². The zero-order valence-electron chi connectivity index (χ0n) is 15.3. The van der Waals surface area contributed by atoms with Gasteiger partial charge in [-0.15, -0.1) is 0 Å². The highest BCUT2D eigenvalue weighted by atomic mass is 16.2. The van der Waals surface area contributed by atoms with Crippen LogP contribution in [0.1, 0.15) is 44.2 Å². The average molecular weight is 343 g/mol. The molecule has 1 saturated heterocycles. The molecule has 0 saturated carbocycles. The van der Waals surface area contributed by atoms with Gasteiger partial charge in [0.2, 0.25) is 11.8 Å². The zero-order chi connectivity index (χ0) is 18.0. The minimum absolute atomic E-state index is 0.0484. The number of carbonyl (C=O) groups excluding carboxylic acids is 2. The maximum absolute atomic E-state index is 13.2. The first-order chi connectivity index (χ1) is 12.0. The van der Waals surface area contributed by atoms with Crippen LogP contribution in [0.4, 0.5) is 0 Å². The summed E-state index contributed by atoms with van der Waals surface area (Å²) < 4.78 is 0. The van der Waals surface area contributed by atoms with Crippen molar-refractivity contribution in [3.8, 4) is 0 Å². The van der Waals surface area contributed by atoms with E-state index in [2.05, 4.69) is 12.1 Å². The van der Waals surface area contributed by atoms with E-state index < -0.39 is 6.04 Å². The second kappa shape index (κ2) is 7.56. The molecule has 0 bridgehead atoms. The SMILES string of the molecule is CCC(C)C(=O)N1Cc2ccccc2CC1C(=O)N1CCCC(N)C1. The topological polar surface area (TPSA) is 66.6 Å². The monoisotopic (exact) mass is 343 g/mol. The molecule has 136 valence electrons. The Bertz CT molecular complexity index is 646. The third-order valence-corrected chi connectivity index (χ3v) is 5.62. The van der Waals surface area contributed by atoms with Gasteiger partial charge in [-0.1, -0.05) is 38.1 Å². The number of rotatable bonds is 3. The molecule has 0 spiro atoms. The van der Waals surface area contributed by atoms with Crippen LogP contribution in [0.5, 0.6) is 0 Å². The van der Waals surface area contributed by atoms with Gasteiger partial charge in [0.15, 0.2) is 0 Å². The molecule has 5 nitrogen and oxygen atoms in total. The fourth-order valence-electron chi connectivity index (χ4n) is 3.85. The molecular weight excluding hydrogens is 314 g/mol. The standard InChI is InChI=1S/C20H29N3O2/c1-3-14(2)19(24)23-12-16-8-5-4-7-15(16)11-18(23)20(25)22-10-6-9-17(21)13-22/h4-5,7-8,14,17-18H,3,6,9-13,21H2,1-2H3. The maximum Gasteiger partial charge on any atom is 0.245 e. The van der Waals surface area contributed by atoms with Crippen LogP contribution < -0.4 is 5.73 Å². The van der Waals surface area contributed by atoms with Gasteiger partial charge < -0.3 is 15.5 Å². The van der Waals surface area contributed by atoms with Gasteiger partial charge in [-0.2, -0.15) is 0 Å². The van der Waals surface area contributed by atoms with Crippen LogP contribution in [-0.2, 0) is 22.6 Å². The quantitative estimate of drug-likeness (QED) is 0.912. The molecule has 0 aliphatic carbocycles. The summed E-state index contributed by atoms with van der Waals surface area (Å²) in [4.78, 5) is 29.8. The number of fused-ring (bicyclic) bond motifs is 1. The Balaban J connectivity index is 1.87. The van der Waals surface area contributed by atoms with Crippen molar-refractivity contribution in [1.29, 1.82) is 0 Å². The Morgan fingerprint density at radius 2 is 2.00 bits per heavy atom. The summed E-state index contributed by atoms with van der Waals surface area (Å²) in [5, 5.41) is 0. The highest BCUT2D eigenvalue weighted by Crippen LogP contribution is 2.27. The van der Waals surface area contributed by atoms with Crippen LogP contribution >= 0.6 is 0 Å². The summed E-state index contributed by atoms with van der Waals surface area (Å²) in [5.41, 5.74) is 8.39. The molecule has 1 fully saturated rings. The largest absolute Gasteiger partial charge is 0.339 e. The molecule has 3 rings (SSSR count). The van der Waals surface area contributed by atoms with Crippen LogP contribution in [0.2, 0.25) is 0 Å². The minimum atomic E-state index is -0.401. The summed E-state index contributed by atoms with van der Waals surface area (Å²) >= 11 is 0. The second-order valence-corrected chi connectivity index (χ2v) is 7.45. The third kappa shape index (κ3) is 3.71. The number of piperidine rings is 1. The van der Waals surface area contributed by atoms with Gasteiger partial charge in [0.25, 0.3) is 0 Å². The van der Waals surface area contributed by atoms with Gasteiger partial charge in [0, 0.05) is 38.0 Å². The van der Waals surface area contributed by atoms with Crippen LogP contribution in [0.15, 0.2) is 24.3 Å². The lowest BCUT2D eigenvalue weighted by atomic mass is 9.91. The summed E-state index contributed by atoms with van der Waals surface area (Å²) in [6, 6.07) is 7.78. The first kappa shape index (κ1) is 17.9. The number of nitrogens with zero attached hydrogens (tertiary/aromatic N) is 2. The Morgan fingerprint density at radius 1 is 1.28 bits per heavy atom. The molecular formula is C20H29N3O2. The first-order valence-corrected chi connectivity index (χ1v) is 9.42. The van der Waals surface area contributed by atoms with E-state index in [4.69, 9.17) is 5.73 Å². The van der Waals surface area contributed by atoms with Crippen molar-refractivity contribution < 1.29 is 9.59 Å². The highest BCUT2D eigenvalue weighted by molar-refractivity contribution is 5.89. The third-order valence-electron chi connectivity index (χ3n) is 5.62. The molecule has 2 aliphatic rings. The van der Waals surface area contributed by atoms with Crippen molar-refractivity contribution in [2.45, 2.75) is 58.2 Å². The van der Waals surface area contributed by atoms with Crippen molar-refractivity contribution in [3.05, 3.63) is 35.4 Å². The van der Waals surface area contributed by atoms with E-state index in [-0.39, 0.29) is 23.8 Å². The molecule has 0 aromatic heterocycles. The van der Waals surface area contributed by atoms with Crippen molar-refractivity contribution in [2.24, 2.45) is 11.7 Å². The number of hydrogen-bond donors (Lipinski definition) is 1. The van der Waals surface area contributed by atoms with E-state index in [0.29, 0.717) is 19.5 Å². The van der Waals surface area contributed by atoms with Gasteiger partial charge in [-0.3, -0.25) is 9.59 Å². The van der Waals surface area contributed by atoms with Crippen LogP contribution in [-0.4, -0.2) is 46.8 Å². The molecule has 2 amide bonds. The fraction of sp³-hybridized carbons (Fsp3) is 0.600. The molecule has 2 aliphatic heterocycles. The average Bonchev–Trinajstić information content (AvgIpc) is 2.65. The Labute approximate surface area is 150 Å². The van der Waals surface area contributed by atoms with Gasteiger partial charge in [0.1, 0.15) is 6.04 Å². The van der Waals surface area contributed by atoms with Gasteiger partial charge in [-0.25, -0.2) is 0 Å². The van der Waals surface area contributed by atoms with E-state index in [1.807, 2.05) is 30.9 Å². The van der Waals surface area contributed by atoms with E-state index in [1.165, 1.54) is 5.56 Å². The summed E-state index contributed by atoms with van der Waals surface area (Å²) in [6.45, 7) is 5.83. The molecule has 25 heavy (non-hydrogen) atoms. The fourth-order valence-corrected chi connectivity index (χ4v) is 3.85. The van der Waals surface area contributed by atoms with Crippen molar-refractivity contribution >= 4 is 11.8 Å². The molecule has 0 radical (unpaired) electrons. The van der Waals surface area contributed by atoms with E-state index in [0.717, 1.165) is 31.4 Å². The number of carbonyl (C=O) groups is 2. The summed E-state index contributed by atoms with van der Waals surface area (Å²) in [7, 11) is 0. The summed E-state index contributed by atoms with van der Waals surface area (Å²) in [6.07, 6.45) is 3.29. The smallest absolute Gasteiger partial charge is 0.245 e. The molecule has 2 N–H and O–H groups in total. The molecule has 3 atom stereocenters. The molecule has 1 aromatic rings. The lowest BCUT2D eigenvalue weighted by Crippen LogP contribution is -2.57. The van der Waals surface area contributed by atoms with Crippen molar-refractivity contribution in [1.82, 2.24) is 9.80 Å². The Morgan fingerprint density at radius 3 is 2.68 bits per heavy atom. The van der Waals surface area contributed by atoms with E-state index >= 15 is 0 Å². The van der Waals surface area contributed by atoms with E-state index in [1.54, 1.807) is 4.90 Å². The number of benzene rings is 1. The number of amides is 2. The molecule has 2 heterocycles. The van der Waals surface area contributed by atoms with Gasteiger partial charge in [-0.05, 0) is 30.4 Å². The number of nitrogens with two attached hydrogens (primary N) is 1. The predicted molar refractivity (Wildman–Crippen MR) is 97.7 cm³/mol. The van der Waals surface area contributed by atoms with E-state index in [9.17, 15) is 9.59 Å². The molecule has 5 heteroatoms. The normalized spacial score (nSPS) is 24.6. The van der Waals surface area contributed by atoms with Crippen LogP contribution in [0, 0.1) is 5.92 Å². The first-order valence-electron chi connectivity index (χ1n) is 9.42. The summed E-state index contributed by atoms with van der Waals surface area (Å²) in [5.74, 6) is 0.0714. The zero-order valence-corrected chi connectivity index (χ0v) is 15.3. The minimum Gasteiger partial charge on any atom is -0.339 e. The Hall–Kier alpha value is -1.88. The van der Waals surface area contributed by atoms with Crippen molar-refractivity contribution in [3.63, 3.8) is 0 Å². The van der Waals surface area contributed by atoms with Crippen LogP contribution in [0.25, 0.3) is 0 Å². The number of likely N-dealkylation sites (tertiary alicyclic amines) is 1. The van der Waals surface area contributed by atoms with Crippen molar-refractivity contribution in [2.75, 3.05) is 13.1 Å². The maximum atomic E-state index is 13.2. The van der Waals surface area contributed by atoms with Gasteiger partial charge in [0.05, 0.1) is 0 Å². The second-order valence-electron chi connectivity index (χ2n) is 7.45.